The third-order valence-corrected chi connectivity index (χ3v) is 7.24. The van der Waals surface area contributed by atoms with Crippen LogP contribution in [0.5, 0.6) is 0 Å². The first-order valence-corrected chi connectivity index (χ1v) is 12.5. The lowest BCUT2D eigenvalue weighted by molar-refractivity contribution is -0.660. The van der Waals surface area contributed by atoms with Crippen molar-refractivity contribution in [2.45, 2.75) is 13.8 Å². The second kappa shape index (κ2) is 9.04. The molecule has 0 N–H and O–H groups in total. The molecule has 4 heteroatoms. The van der Waals surface area contributed by atoms with Crippen molar-refractivity contribution < 1.29 is 8.98 Å². The summed E-state index contributed by atoms with van der Waals surface area (Å²) < 4.78 is 8.74. The van der Waals surface area contributed by atoms with Crippen LogP contribution in [0.15, 0.2) is 95.5 Å². The summed E-state index contributed by atoms with van der Waals surface area (Å²) in [6.45, 7) is 4.12. The number of rotatable bonds is 3. The SMILES string of the molecule is Cc1ccc(-c2ccc(-c3c(C#N)ccc4c3oc3c(-c5cccc[n+]5C)c(C)ccc34)cc2C#N)cc1. The molecular weight excluding hydrogens is 466 g/mol. The maximum absolute atomic E-state index is 10.1. The molecule has 0 aliphatic heterocycles. The fraction of sp³-hybridized carbons (Fsp3) is 0.0882. The van der Waals surface area contributed by atoms with E-state index in [1.165, 1.54) is 0 Å². The molecule has 4 aromatic carbocycles. The molecule has 6 aromatic rings. The molecule has 0 amide bonds. The van der Waals surface area contributed by atoms with Gasteiger partial charge in [-0.1, -0.05) is 54.1 Å². The van der Waals surface area contributed by atoms with Gasteiger partial charge in [-0.3, -0.25) is 0 Å². The average Bonchev–Trinajstić information content (AvgIpc) is 3.31. The quantitative estimate of drug-likeness (QED) is 0.238. The number of aryl methyl sites for hydroxylation is 3. The Kier molecular flexibility index (Phi) is 5.52. The van der Waals surface area contributed by atoms with Gasteiger partial charge in [-0.15, -0.1) is 0 Å². The van der Waals surface area contributed by atoms with Crippen LogP contribution in [0.4, 0.5) is 0 Å². The lowest BCUT2D eigenvalue weighted by Crippen LogP contribution is -2.30. The van der Waals surface area contributed by atoms with Gasteiger partial charge in [0.25, 0.3) is 0 Å². The van der Waals surface area contributed by atoms with Crippen molar-refractivity contribution in [2.24, 2.45) is 7.05 Å². The summed E-state index contributed by atoms with van der Waals surface area (Å²) in [6, 6.07) is 32.7. The highest BCUT2D eigenvalue weighted by molar-refractivity contribution is 6.14. The molecule has 38 heavy (non-hydrogen) atoms. The van der Waals surface area contributed by atoms with E-state index < -0.39 is 0 Å². The Hall–Kier alpha value is -5.19. The topological polar surface area (TPSA) is 64.6 Å². The Morgan fingerprint density at radius 3 is 2.08 bits per heavy atom. The van der Waals surface area contributed by atoms with E-state index in [2.05, 4.69) is 41.8 Å². The van der Waals surface area contributed by atoms with Crippen LogP contribution in [-0.2, 0) is 7.05 Å². The van der Waals surface area contributed by atoms with Crippen LogP contribution in [0.3, 0.4) is 0 Å². The molecule has 180 valence electrons. The molecule has 2 aromatic heterocycles. The van der Waals surface area contributed by atoms with E-state index >= 15 is 0 Å². The van der Waals surface area contributed by atoms with Crippen molar-refractivity contribution in [3.63, 3.8) is 0 Å². The number of aromatic nitrogens is 1. The second-order valence-corrected chi connectivity index (χ2v) is 9.65. The first-order valence-electron chi connectivity index (χ1n) is 12.5. The van der Waals surface area contributed by atoms with Gasteiger partial charge in [-0.2, -0.15) is 10.5 Å². The minimum Gasteiger partial charge on any atom is -0.454 e. The average molecular weight is 491 g/mol. The largest absolute Gasteiger partial charge is 0.454 e. The first kappa shape index (κ1) is 23.2. The molecule has 0 saturated carbocycles. The Labute approximate surface area is 221 Å². The fourth-order valence-electron chi connectivity index (χ4n) is 5.26. The van der Waals surface area contributed by atoms with E-state index in [1.54, 1.807) is 0 Å². The molecule has 0 saturated heterocycles. The zero-order valence-corrected chi connectivity index (χ0v) is 21.4. The highest BCUT2D eigenvalue weighted by Gasteiger charge is 2.23. The highest BCUT2D eigenvalue weighted by Crippen LogP contribution is 2.42. The molecule has 0 atom stereocenters. The molecule has 0 aliphatic carbocycles. The van der Waals surface area contributed by atoms with Gasteiger partial charge in [0.05, 0.1) is 28.8 Å². The van der Waals surface area contributed by atoms with Crippen molar-refractivity contribution in [2.75, 3.05) is 0 Å². The monoisotopic (exact) mass is 490 g/mol. The van der Waals surface area contributed by atoms with Crippen molar-refractivity contribution >= 4 is 21.9 Å². The van der Waals surface area contributed by atoms with Crippen LogP contribution in [-0.4, -0.2) is 0 Å². The van der Waals surface area contributed by atoms with E-state index in [0.717, 1.165) is 55.4 Å². The van der Waals surface area contributed by atoms with Crippen LogP contribution >= 0.6 is 0 Å². The smallest absolute Gasteiger partial charge is 0.216 e. The van der Waals surface area contributed by atoms with Crippen LogP contribution in [0.2, 0.25) is 0 Å². The molecular formula is C34H24N3O+. The van der Waals surface area contributed by atoms with Crippen molar-refractivity contribution in [1.82, 2.24) is 0 Å². The molecule has 0 aliphatic rings. The molecule has 2 heterocycles. The van der Waals surface area contributed by atoms with Gasteiger partial charge in [0.15, 0.2) is 6.20 Å². The molecule has 4 nitrogen and oxygen atoms in total. The van der Waals surface area contributed by atoms with Crippen molar-refractivity contribution in [1.29, 1.82) is 10.5 Å². The number of pyridine rings is 1. The van der Waals surface area contributed by atoms with Gasteiger partial charge in [0, 0.05) is 28.5 Å². The number of hydrogen-bond donors (Lipinski definition) is 0. The zero-order chi connectivity index (χ0) is 26.4. The standard InChI is InChI=1S/C34H24N3O/c1-21-7-10-23(11-8-21)27-15-12-24(18-26(27)20-36)32-25(19-35)13-16-29-28-14-9-22(2)31(33(28)38-34(29)32)30-6-4-5-17-37(30)3/h4-18H,1-3H3/q+1. The fourth-order valence-corrected chi connectivity index (χ4v) is 5.26. The van der Waals surface area contributed by atoms with Gasteiger partial charge >= 0.3 is 0 Å². The molecule has 0 fully saturated rings. The lowest BCUT2D eigenvalue weighted by atomic mass is 9.92. The van der Waals surface area contributed by atoms with E-state index in [0.29, 0.717) is 22.3 Å². The minimum atomic E-state index is 0.507. The summed E-state index contributed by atoms with van der Waals surface area (Å²) in [7, 11) is 2.02. The van der Waals surface area contributed by atoms with Gasteiger partial charge in [0.2, 0.25) is 5.69 Å². The maximum Gasteiger partial charge on any atom is 0.216 e. The summed E-state index contributed by atoms with van der Waals surface area (Å²) in [5, 5.41) is 22.0. The summed E-state index contributed by atoms with van der Waals surface area (Å²) in [5.74, 6) is 0. The second-order valence-electron chi connectivity index (χ2n) is 9.65. The van der Waals surface area contributed by atoms with Crippen molar-refractivity contribution in [3.05, 3.63) is 113 Å². The number of nitriles is 2. The van der Waals surface area contributed by atoms with E-state index in [4.69, 9.17) is 4.42 Å². The summed E-state index contributed by atoms with van der Waals surface area (Å²) >= 11 is 0. The lowest BCUT2D eigenvalue weighted by Gasteiger charge is -2.10. The van der Waals surface area contributed by atoms with E-state index in [9.17, 15) is 10.5 Å². The van der Waals surface area contributed by atoms with Gasteiger partial charge in [-0.05, 0) is 60.4 Å². The third kappa shape index (κ3) is 3.63. The van der Waals surface area contributed by atoms with E-state index in [-0.39, 0.29) is 0 Å². The Morgan fingerprint density at radius 1 is 0.684 bits per heavy atom. The normalized spacial score (nSPS) is 11.0. The number of benzene rings is 4. The summed E-state index contributed by atoms with van der Waals surface area (Å²) in [4.78, 5) is 0. The maximum atomic E-state index is 10.1. The zero-order valence-electron chi connectivity index (χ0n) is 21.4. The molecule has 0 spiro atoms. The van der Waals surface area contributed by atoms with Crippen LogP contribution in [0, 0.1) is 36.5 Å². The third-order valence-electron chi connectivity index (χ3n) is 7.24. The van der Waals surface area contributed by atoms with Crippen molar-refractivity contribution in [3.8, 4) is 45.6 Å². The van der Waals surface area contributed by atoms with Gasteiger partial charge < -0.3 is 4.42 Å². The van der Waals surface area contributed by atoms with Gasteiger partial charge in [0.1, 0.15) is 18.2 Å². The van der Waals surface area contributed by atoms with E-state index in [1.807, 2.05) is 86.9 Å². The number of hydrogen-bond acceptors (Lipinski definition) is 3. The van der Waals surface area contributed by atoms with Crippen LogP contribution in [0.1, 0.15) is 22.3 Å². The summed E-state index contributed by atoms with van der Waals surface area (Å²) in [6.07, 6.45) is 2.02. The molecule has 6 rings (SSSR count). The number of furan rings is 1. The first-order chi connectivity index (χ1) is 18.5. The minimum absolute atomic E-state index is 0.507. The Balaban J connectivity index is 1.63. The van der Waals surface area contributed by atoms with Gasteiger partial charge in [-0.25, -0.2) is 4.57 Å². The Bertz CT molecular complexity index is 1970. The molecule has 0 radical (unpaired) electrons. The predicted molar refractivity (Wildman–Crippen MR) is 150 cm³/mol. The predicted octanol–water partition coefficient (Wildman–Crippen LogP) is 7.77. The van der Waals surface area contributed by atoms with Crippen LogP contribution < -0.4 is 4.57 Å². The molecule has 0 bridgehead atoms. The molecule has 0 unspecified atom stereocenters. The number of fused-ring (bicyclic) bond motifs is 3. The number of nitrogens with zero attached hydrogens (tertiary/aromatic N) is 3. The highest BCUT2D eigenvalue weighted by atomic mass is 16.3. The summed E-state index contributed by atoms with van der Waals surface area (Å²) in [5.41, 5.74) is 10.2. The Morgan fingerprint density at radius 2 is 1.37 bits per heavy atom. The van der Waals surface area contributed by atoms with Crippen LogP contribution in [0.25, 0.3) is 55.4 Å².